The monoisotopic (exact) mass is 273 g/mol. The van der Waals surface area contributed by atoms with E-state index in [1.807, 2.05) is 30.3 Å². The van der Waals surface area contributed by atoms with Gasteiger partial charge in [0.25, 0.3) is 0 Å². The summed E-state index contributed by atoms with van der Waals surface area (Å²) in [7, 11) is 0. The fourth-order valence-electron chi connectivity index (χ4n) is 3.50. The fourth-order valence-corrected chi connectivity index (χ4v) is 3.50. The lowest BCUT2D eigenvalue weighted by Crippen LogP contribution is -2.52. The van der Waals surface area contributed by atoms with Gasteiger partial charge in [-0.25, -0.2) is 0 Å². The summed E-state index contributed by atoms with van der Waals surface area (Å²) in [6.07, 6.45) is 3.27. The van der Waals surface area contributed by atoms with Crippen LogP contribution in [0.5, 0.6) is 0 Å². The van der Waals surface area contributed by atoms with E-state index in [-0.39, 0.29) is 18.0 Å². The lowest BCUT2D eigenvalue weighted by atomic mass is 9.85. The lowest BCUT2D eigenvalue weighted by Gasteiger charge is -2.44. The van der Waals surface area contributed by atoms with Crippen LogP contribution in [0.3, 0.4) is 0 Å². The van der Waals surface area contributed by atoms with Gasteiger partial charge in [-0.15, -0.1) is 0 Å². The number of rotatable bonds is 4. The van der Waals surface area contributed by atoms with E-state index in [4.69, 9.17) is 4.74 Å². The van der Waals surface area contributed by atoms with Crippen molar-refractivity contribution < 1.29 is 9.53 Å². The molecule has 108 valence electrons. The highest BCUT2D eigenvalue weighted by Crippen LogP contribution is 2.31. The van der Waals surface area contributed by atoms with E-state index in [1.165, 1.54) is 25.9 Å². The Morgan fingerprint density at radius 1 is 1.30 bits per heavy atom. The number of carbonyl (C=O) groups excluding carboxylic acids is 1. The first-order chi connectivity index (χ1) is 9.78. The highest BCUT2D eigenvalue weighted by atomic mass is 16.5. The van der Waals surface area contributed by atoms with Crippen LogP contribution in [0, 0.1) is 5.92 Å². The maximum atomic E-state index is 12.5. The van der Waals surface area contributed by atoms with Crippen LogP contribution in [0.25, 0.3) is 0 Å². The van der Waals surface area contributed by atoms with Crippen molar-refractivity contribution in [2.24, 2.45) is 5.92 Å². The molecule has 3 aliphatic rings. The van der Waals surface area contributed by atoms with Crippen molar-refractivity contribution in [1.82, 2.24) is 4.90 Å². The van der Waals surface area contributed by atoms with E-state index in [2.05, 4.69) is 11.8 Å². The Kier molecular flexibility index (Phi) is 4.06. The van der Waals surface area contributed by atoms with Crippen LogP contribution < -0.4 is 0 Å². The van der Waals surface area contributed by atoms with Gasteiger partial charge in [0.05, 0.1) is 5.92 Å². The van der Waals surface area contributed by atoms with Crippen molar-refractivity contribution in [3.8, 4) is 0 Å². The molecule has 0 aliphatic carbocycles. The molecule has 1 aromatic carbocycles. The van der Waals surface area contributed by atoms with Gasteiger partial charge in [-0.05, 0) is 43.8 Å². The van der Waals surface area contributed by atoms with Crippen LogP contribution in [0.2, 0.25) is 0 Å². The molecule has 0 saturated carbocycles. The molecule has 3 aliphatic heterocycles. The number of nitrogens with zero attached hydrogens (tertiary/aromatic N) is 1. The first-order valence-corrected chi connectivity index (χ1v) is 7.75. The molecule has 0 amide bonds. The third kappa shape index (κ3) is 2.73. The number of esters is 1. The summed E-state index contributed by atoms with van der Waals surface area (Å²) in [6.45, 7) is 5.33. The Balaban J connectivity index is 1.66. The van der Waals surface area contributed by atoms with Crippen LogP contribution in [-0.4, -0.2) is 36.6 Å². The van der Waals surface area contributed by atoms with E-state index >= 15 is 0 Å². The van der Waals surface area contributed by atoms with Crippen LogP contribution in [0.4, 0.5) is 0 Å². The van der Waals surface area contributed by atoms with Crippen molar-refractivity contribution in [3.63, 3.8) is 0 Å². The summed E-state index contributed by atoms with van der Waals surface area (Å²) in [5.41, 5.74) is 1.07. The number of fused-ring (bicyclic) bond motifs is 3. The Morgan fingerprint density at radius 3 is 2.55 bits per heavy atom. The van der Waals surface area contributed by atoms with E-state index < -0.39 is 0 Å². The van der Waals surface area contributed by atoms with E-state index in [1.54, 1.807) is 0 Å². The van der Waals surface area contributed by atoms with Gasteiger partial charge in [0.1, 0.15) is 6.10 Å². The molecule has 0 spiro atoms. The molecule has 2 atom stereocenters. The largest absolute Gasteiger partial charge is 0.460 e. The van der Waals surface area contributed by atoms with Gasteiger partial charge >= 0.3 is 5.97 Å². The third-order valence-corrected chi connectivity index (χ3v) is 4.76. The summed E-state index contributed by atoms with van der Waals surface area (Å²) < 4.78 is 5.85. The first-order valence-electron chi connectivity index (χ1n) is 7.75. The maximum Gasteiger partial charge on any atom is 0.313 e. The normalized spacial score (nSPS) is 29.9. The zero-order valence-electron chi connectivity index (χ0n) is 12.1. The predicted molar refractivity (Wildman–Crippen MR) is 78.5 cm³/mol. The SMILES string of the molecule is CC[C@H](C(=O)O[C@H]1CN2CCC1CC2)c1ccccc1. The molecule has 3 fully saturated rings. The number of hydrogen-bond acceptors (Lipinski definition) is 3. The van der Waals surface area contributed by atoms with E-state index in [9.17, 15) is 4.79 Å². The Morgan fingerprint density at radius 2 is 2.00 bits per heavy atom. The Hall–Kier alpha value is -1.35. The van der Waals surface area contributed by atoms with Crippen LogP contribution in [0.1, 0.15) is 37.7 Å². The van der Waals surface area contributed by atoms with Gasteiger partial charge in [-0.3, -0.25) is 9.69 Å². The van der Waals surface area contributed by atoms with Gasteiger partial charge in [0, 0.05) is 6.54 Å². The van der Waals surface area contributed by atoms with Gasteiger partial charge < -0.3 is 4.74 Å². The van der Waals surface area contributed by atoms with Gasteiger partial charge in [-0.2, -0.15) is 0 Å². The average Bonchev–Trinajstić information content (AvgIpc) is 2.50. The molecule has 3 nitrogen and oxygen atoms in total. The number of carbonyl (C=O) groups is 1. The molecule has 3 heterocycles. The quantitative estimate of drug-likeness (QED) is 0.790. The molecule has 3 heteroatoms. The summed E-state index contributed by atoms with van der Waals surface area (Å²) in [6, 6.07) is 9.99. The minimum absolute atomic E-state index is 0.0440. The molecule has 4 rings (SSSR count). The topological polar surface area (TPSA) is 29.5 Å². The highest BCUT2D eigenvalue weighted by molar-refractivity contribution is 5.78. The van der Waals surface area contributed by atoms with Crippen LogP contribution in [-0.2, 0) is 9.53 Å². The second kappa shape index (κ2) is 5.96. The summed E-state index contributed by atoms with van der Waals surface area (Å²) in [4.78, 5) is 14.9. The minimum atomic E-state index is -0.119. The smallest absolute Gasteiger partial charge is 0.313 e. The predicted octanol–water partition coefficient (Wildman–Crippen LogP) is 2.82. The van der Waals surface area contributed by atoms with Gasteiger partial charge in [0.15, 0.2) is 0 Å². The number of hydrogen-bond donors (Lipinski definition) is 0. The van der Waals surface area contributed by atoms with Crippen molar-refractivity contribution >= 4 is 5.97 Å². The minimum Gasteiger partial charge on any atom is -0.460 e. The summed E-state index contributed by atoms with van der Waals surface area (Å²) in [5.74, 6) is 0.418. The standard InChI is InChI=1S/C17H23NO2/c1-2-15(13-6-4-3-5-7-13)17(19)20-16-12-18-10-8-14(16)9-11-18/h3-7,14-16H,2,8-12H2,1H3/t15-,16-/m0/s1. The first kappa shape index (κ1) is 13.6. The molecule has 20 heavy (non-hydrogen) atoms. The molecule has 0 radical (unpaired) electrons. The van der Waals surface area contributed by atoms with Gasteiger partial charge in [0.2, 0.25) is 0 Å². The number of ether oxygens (including phenoxy) is 1. The number of piperidine rings is 3. The maximum absolute atomic E-state index is 12.5. The Bertz CT molecular complexity index is 451. The van der Waals surface area contributed by atoms with Crippen LogP contribution in [0.15, 0.2) is 30.3 Å². The van der Waals surface area contributed by atoms with E-state index in [0.717, 1.165) is 18.5 Å². The second-order valence-electron chi connectivity index (χ2n) is 5.98. The fraction of sp³-hybridized carbons (Fsp3) is 0.588. The zero-order chi connectivity index (χ0) is 13.9. The molecule has 2 bridgehead atoms. The zero-order valence-corrected chi connectivity index (χ0v) is 12.1. The molecule has 0 unspecified atom stereocenters. The lowest BCUT2D eigenvalue weighted by molar-refractivity contribution is -0.160. The summed E-state index contributed by atoms with van der Waals surface area (Å²) >= 11 is 0. The van der Waals surface area contributed by atoms with Crippen molar-refractivity contribution in [2.45, 2.75) is 38.2 Å². The van der Waals surface area contributed by atoms with Crippen molar-refractivity contribution in [3.05, 3.63) is 35.9 Å². The van der Waals surface area contributed by atoms with E-state index in [0.29, 0.717) is 5.92 Å². The summed E-state index contributed by atoms with van der Waals surface area (Å²) in [5, 5.41) is 0. The van der Waals surface area contributed by atoms with Gasteiger partial charge in [-0.1, -0.05) is 37.3 Å². The molecule has 0 aromatic heterocycles. The van der Waals surface area contributed by atoms with Crippen molar-refractivity contribution in [1.29, 1.82) is 0 Å². The number of benzene rings is 1. The molecular formula is C17H23NO2. The Labute approximate surface area is 120 Å². The molecule has 0 N–H and O–H groups in total. The average molecular weight is 273 g/mol. The molecule has 3 saturated heterocycles. The highest BCUT2D eigenvalue weighted by Gasteiger charge is 2.37. The second-order valence-corrected chi connectivity index (χ2v) is 5.98. The van der Waals surface area contributed by atoms with Crippen LogP contribution >= 0.6 is 0 Å². The molecule has 1 aromatic rings. The third-order valence-electron chi connectivity index (χ3n) is 4.76. The molecular weight excluding hydrogens is 250 g/mol. The van der Waals surface area contributed by atoms with Crippen molar-refractivity contribution in [2.75, 3.05) is 19.6 Å².